The summed E-state index contributed by atoms with van der Waals surface area (Å²) in [5.74, 6) is 0. The Morgan fingerprint density at radius 1 is 1.36 bits per heavy atom. The molecule has 2 rings (SSSR count). The summed E-state index contributed by atoms with van der Waals surface area (Å²) in [6.07, 6.45) is 6.02. The average molecular weight is 186 g/mol. The standard InChI is InChI=1S/C12H14N2/c1-9(13)5-6-10-3-2-4-12-11(10)7-8-14-12/h2-9,14H,13H2,1H3/b6-5+. The first kappa shape index (κ1) is 9.03. The molecule has 0 aliphatic carbocycles. The number of nitrogens with one attached hydrogen (secondary N) is 1. The fourth-order valence-electron chi connectivity index (χ4n) is 1.51. The maximum absolute atomic E-state index is 5.67. The van der Waals surface area contributed by atoms with Crippen LogP contribution in [0.2, 0.25) is 0 Å². The maximum Gasteiger partial charge on any atom is 0.0459 e. The van der Waals surface area contributed by atoms with Crippen LogP contribution in [0.25, 0.3) is 17.0 Å². The van der Waals surface area contributed by atoms with Gasteiger partial charge in [0.1, 0.15) is 0 Å². The molecular formula is C12H14N2. The number of hydrogen-bond donors (Lipinski definition) is 2. The largest absolute Gasteiger partial charge is 0.361 e. The summed E-state index contributed by atoms with van der Waals surface area (Å²) in [4.78, 5) is 3.18. The van der Waals surface area contributed by atoms with Crippen molar-refractivity contribution in [1.29, 1.82) is 0 Å². The highest BCUT2D eigenvalue weighted by atomic mass is 14.7. The Bertz CT molecular complexity index is 452. The highest BCUT2D eigenvalue weighted by Crippen LogP contribution is 2.18. The van der Waals surface area contributed by atoms with Gasteiger partial charge in [0.2, 0.25) is 0 Å². The highest BCUT2D eigenvalue weighted by Gasteiger charge is 1.97. The minimum atomic E-state index is 0.101. The van der Waals surface area contributed by atoms with E-state index in [4.69, 9.17) is 5.73 Å². The molecule has 1 aromatic heterocycles. The van der Waals surface area contributed by atoms with Crippen molar-refractivity contribution in [1.82, 2.24) is 4.98 Å². The number of H-pyrrole nitrogens is 1. The Labute approximate surface area is 83.4 Å². The average Bonchev–Trinajstić information content (AvgIpc) is 2.62. The molecule has 14 heavy (non-hydrogen) atoms. The van der Waals surface area contributed by atoms with Gasteiger partial charge in [-0.15, -0.1) is 0 Å². The smallest absolute Gasteiger partial charge is 0.0459 e. The van der Waals surface area contributed by atoms with Gasteiger partial charge in [-0.05, 0) is 24.6 Å². The van der Waals surface area contributed by atoms with Crippen LogP contribution in [-0.2, 0) is 0 Å². The van der Waals surface area contributed by atoms with Gasteiger partial charge >= 0.3 is 0 Å². The molecule has 2 nitrogen and oxygen atoms in total. The molecule has 0 spiro atoms. The van der Waals surface area contributed by atoms with Gasteiger partial charge in [-0.2, -0.15) is 0 Å². The number of aromatic amines is 1. The maximum atomic E-state index is 5.67. The van der Waals surface area contributed by atoms with E-state index in [1.54, 1.807) is 0 Å². The number of nitrogens with two attached hydrogens (primary N) is 1. The van der Waals surface area contributed by atoms with Crippen LogP contribution in [0, 0.1) is 0 Å². The Morgan fingerprint density at radius 2 is 2.21 bits per heavy atom. The van der Waals surface area contributed by atoms with Crippen molar-refractivity contribution >= 4 is 17.0 Å². The quantitative estimate of drug-likeness (QED) is 0.743. The molecule has 3 N–H and O–H groups in total. The van der Waals surface area contributed by atoms with Gasteiger partial charge in [-0.25, -0.2) is 0 Å². The summed E-state index contributed by atoms with van der Waals surface area (Å²) in [7, 11) is 0. The second kappa shape index (κ2) is 3.68. The van der Waals surface area contributed by atoms with Gasteiger partial charge in [-0.1, -0.05) is 24.3 Å². The third kappa shape index (κ3) is 1.70. The minimum Gasteiger partial charge on any atom is -0.361 e. The van der Waals surface area contributed by atoms with E-state index in [1.807, 2.05) is 25.3 Å². The normalized spacial score (nSPS) is 13.9. The van der Waals surface area contributed by atoms with Gasteiger partial charge in [0.15, 0.2) is 0 Å². The first-order chi connectivity index (χ1) is 6.77. The molecule has 0 aliphatic heterocycles. The fraction of sp³-hybridized carbons (Fsp3) is 0.167. The van der Waals surface area contributed by atoms with Crippen molar-refractivity contribution in [3.8, 4) is 0 Å². The van der Waals surface area contributed by atoms with E-state index in [9.17, 15) is 0 Å². The van der Waals surface area contributed by atoms with Crippen LogP contribution in [0.4, 0.5) is 0 Å². The molecule has 0 amide bonds. The van der Waals surface area contributed by atoms with Crippen molar-refractivity contribution in [3.63, 3.8) is 0 Å². The molecule has 1 heterocycles. The van der Waals surface area contributed by atoms with E-state index >= 15 is 0 Å². The van der Waals surface area contributed by atoms with Crippen LogP contribution in [0.15, 0.2) is 36.5 Å². The summed E-state index contributed by atoms with van der Waals surface area (Å²) < 4.78 is 0. The van der Waals surface area contributed by atoms with E-state index in [2.05, 4.69) is 29.3 Å². The van der Waals surface area contributed by atoms with E-state index in [-0.39, 0.29) is 6.04 Å². The van der Waals surface area contributed by atoms with Crippen molar-refractivity contribution in [2.24, 2.45) is 5.73 Å². The molecule has 0 radical (unpaired) electrons. The lowest BCUT2D eigenvalue weighted by atomic mass is 10.1. The first-order valence-corrected chi connectivity index (χ1v) is 4.77. The van der Waals surface area contributed by atoms with Crippen molar-refractivity contribution < 1.29 is 0 Å². The predicted octanol–water partition coefficient (Wildman–Crippen LogP) is 2.53. The second-order valence-electron chi connectivity index (χ2n) is 3.50. The van der Waals surface area contributed by atoms with Crippen molar-refractivity contribution in [2.45, 2.75) is 13.0 Å². The van der Waals surface area contributed by atoms with Crippen LogP contribution in [0.1, 0.15) is 12.5 Å². The van der Waals surface area contributed by atoms with E-state index in [0.29, 0.717) is 0 Å². The lowest BCUT2D eigenvalue weighted by Gasteiger charge is -1.98. The number of hydrogen-bond acceptors (Lipinski definition) is 1. The van der Waals surface area contributed by atoms with Gasteiger partial charge in [-0.3, -0.25) is 0 Å². The number of benzene rings is 1. The molecule has 1 unspecified atom stereocenters. The zero-order chi connectivity index (χ0) is 9.97. The monoisotopic (exact) mass is 186 g/mol. The summed E-state index contributed by atoms with van der Waals surface area (Å²) in [6, 6.07) is 8.38. The van der Waals surface area contributed by atoms with Crippen LogP contribution in [-0.4, -0.2) is 11.0 Å². The fourth-order valence-corrected chi connectivity index (χ4v) is 1.51. The second-order valence-corrected chi connectivity index (χ2v) is 3.50. The molecule has 72 valence electrons. The number of rotatable bonds is 2. The van der Waals surface area contributed by atoms with E-state index < -0.39 is 0 Å². The summed E-state index contributed by atoms with van der Waals surface area (Å²) in [6.45, 7) is 1.97. The first-order valence-electron chi connectivity index (χ1n) is 4.77. The third-order valence-electron chi connectivity index (χ3n) is 2.21. The molecule has 2 heteroatoms. The van der Waals surface area contributed by atoms with Crippen LogP contribution >= 0.6 is 0 Å². The number of aromatic nitrogens is 1. The van der Waals surface area contributed by atoms with Gasteiger partial charge in [0, 0.05) is 23.1 Å². The predicted molar refractivity (Wildman–Crippen MR) is 61.0 cm³/mol. The molecule has 0 aliphatic rings. The molecule has 2 aromatic rings. The molecule has 1 aromatic carbocycles. The lowest BCUT2D eigenvalue weighted by Crippen LogP contribution is -2.09. The van der Waals surface area contributed by atoms with Gasteiger partial charge in [0.05, 0.1) is 0 Å². The Balaban J connectivity index is 2.46. The molecule has 0 saturated carbocycles. The zero-order valence-electron chi connectivity index (χ0n) is 8.20. The van der Waals surface area contributed by atoms with E-state index in [1.165, 1.54) is 10.9 Å². The lowest BCUT2D eigenvalue weighted by molar-refractivity contribution is 0.931. The molecule has 1 atom stereocenters. The third-order valence-corrected chi connectivity index (χ3v) is 2.21. The highest BCUT2D eigenvalue weighted by molar-refractivity contribution is 5.88. The Hall–Kier alpha value is -1.54. The van der Waals surface area contributed by atoms with Gasteiger partial charge < -0.3 is 10.7 Å². The molecular weight excluding hydrogens is 172 g/mol. The summed E-state index contributed by atoms with van der Waals surface area (Å²) in [5, 5.41) is 1.24. The minimum absolute atomic E-state index is 0.101. The molecule has 0 fully saturated rings. The van der Waals surface area contributed by atoms with Crippen molar-refractivity contribution in [2.75, 3.05) is 0 Å². The van der Waals surface area contributed by atoms with E-state index in [0.717, 1.165) is 5.52 Å². The SMILES string of the molecule is CC(N)/C=C/c1cccc2[nH]ccc12. The van der Waals surface area contributed by atoms with Crippen LogP contribution in [0.5, 0.6) is 0 Å². The number of fused-ring (bicyclic) bond motifs is 1. The summed E-state index contributed by atoms with van der Waals surface area (Å²) >= 11 is 0. The topological polar surface area (TPSA) is 41.8 Å². The molecule has 0 bridgehead atoms. The molecule has 0 saturated heterocycles. The van der Waals surface area contributed by atoms with Crippen LogP contribution in [0.3, 0.4) is 0 Å². The van der Waals surface area contributed by atoms with Crippen LogP contribution < -0.4 is 5.73 Å². The van der Waals surface area contributed by atoms with Gasteiger partial charge in [0.25, 0.3) is 0 Å². The zero-order valence-corrected chi connectivity index (χ0v) is 8.20. The Morgan fingerprint density at radius 3 is 3.00 bits per heavy atom. The summed E-state index contributed by atoms with van der Waals surface area (Å²) in [5.41, 5.74) is 8.04. The van der Waals surface area contributed by atoms with Crippen molar-refractivity contribution in [3.05, 3.63) is 42.1 Å². The Kier molecular flexibility index (Phi) is 2.37.